The van der Waals surface area contributed by atoms with Crippen LogP contribution in [0.15, 0.2) is 235 Å². The predicted octanol–water partition coefficient (Wildman–Crippen LogP) is 17.4. The minimum absolute atomic E-state index is 0.184. The molecule has 1 atom stereocenters. The van der Waals surface area contributed by atoms with Crippen molar-refractivity contribution in [2.45, 2.75) is 20.3 Å². The van der Waals surface area contributed by atoms with Gasteiger partial charge in [0, 0.05) is 61.3 Å². The number of amides is 1. The second-order valence-corrected chi connectivity index (χ2v) is 18.5. The first-order valence-corrected chi connectivity index (χ1v) is 23.9. The molecular weight excluding hydrogens is 855 g/mol. The molecule has 0 spiro atoms. The number of hydrogen-bond donors (Lipinski definition) is 1. The molecule has 336 valence electrons. The molecule has 12 rings (SSSR count). The fourth-order valence-electron chi connectivity index (χ4n) is 10.1. The monoisotopic (exact) mass is 903 g/mol. The number of nitrogens with zero attached hydrogens (tertiary/aromatic N) is 2. The maximum atomic E-state index is 12.2. The predicted molar refractivity (Wildman–Crippen MR) is 292 cm³/mol. The van der Waals surface area contributed by atoms with Crippen molar-refractivity contribution < 1.29 is 9.21 Å². The molecule has 0 aliphatic heterocycles. The second-order valence-electron chi connectivity index (χ2n) is 18.5. The van der Waals surface area contributed by atoms with E-state index < -0.39 is 0 Å². The average molecular weight is 904 g/mol. The summed E-state index contributed by atoms with van der Waals surface area (Å²) in [5.41, 5.74) is 19.1. The maximum absolute atomic E-state index is 12.2. The number of rotatable bonds is 10. The SMILES string of the molecule is C=C(C)C(=O)Nc1ccc(-n2c3ccccc3c3cc(-c4ccc(-c5ccc(N(c6ccc(-c7ccccc7)cc6)c6ccc(-c7cccc8c9c(oc78)C=CC(C)C9)cc6)cc5)cc4)ccc32)cc1. The molecular formula is C65H49N3O2. The third kappa shape index (κ3) is 7.77. The molecule has 0 saturated carbocycles. The molecule has 2 aromatic heterocycles. The van der Waals surface area contributed by atoms with E-state index in [-0.39, 0.29) is 5.91 Å². The number of hydrogen-bond acceptors (Lipinski definition) is 3. The van der Waals surface area contributed by atoms with E-state index in [2.05, 4.69) is 228 Å². The number of fused-ring (bicyclic) bond motifs is 6. The van der Waals surface area contributed by atoms with Crippen molar-refractivity contribution in [3.05, 3.63) is 242 Å². The quantitative estimate of drug-likeness (QED) is 0.139. The van der Waals surface area contributed by atoms with E-state index in [1.165, 1.54) is 32.8 Å². The summed E-state index contributed by atoms with van der Waals surface area (Å²) >= 11 is 0. The van der Waals surface area contributed by atoms with Crippen molar-refractivity contribution in [1.29, 1.82) is 0 Å². The van der Waals surface area contributed by atoms with E-state index in [1.54, 1.807) is 6.92 Å². The lowest BCUT2D eigenvalue weighted by molar-refractivity contribution is -0.112. The zero-order valence-electron chi connectivity index (χ0n) is 39.1. The number of allylic oxidation sites excluding steroid dienone is 1. The van der Waals surface area contributed by atoms with Gasteiger partial charge in [-0.05, 0) is 143 Å². The Morgan fingerprint density at radius 2 is 1.09 bits per heavy atom. The normalized spacial score (nSPS) is 13.1. The van der Waals surface area contributed by atoms with Crippen LogP contribution in [0.1, 0.15) is 25.2 Å². The number of carbonyl (C=O) groups is 1. The highest BCUT2D eigenvalue weighted by molar-refractivity contribution is 6.10. The summed E-state index contributed by atoms with van der Waals surface area (Å²) in [6.45, 7) is 7.73. The molecule has 0 radical (unpaired) electrons. The zero-order valence-corrected chi connectivity index (χ0v) is 39.1. The van der Waals surface area contributed by atoms with Crippen LogP contribution in [0.5, 0.6) is 0 Å². The van der Waals surface area contributed by atoms with E-state index >= 15 is 0 Å². The van der Waals surface area contributed by atoms with E-state index in [9.17, 15) is 4.79 Å². The van der Waals surface area contributed by atoms with Gasteiger partial charge in [0.2, 0.25) is 0 Å². The maximum Gasteiger partial charge on any atom is 0.250 e. The van der Waals surface area contributed by atoms with Gasteiger partial charge in [-0.2, -0.15) is 0 Å². The lowest BCUT2D eigenvalue weighted by Gasteiger charge is -2.26. The molecule has 0 fully saturated rings. The van der Waals surface area contributed by atoms with Gasteiger partial charge in [-0.25, -0.2) is 0 Å². The Bertz CT molecular complexity index is 3780. The molecule has 0 bridgehead atoms. The van der Waals surface area contributed by atoms with Crippen LogP contribution in [0.25, 0.3) is 89.0 Å². The molecule has 1 aliphatic rings. The van der Waals surface area contributed by atoms with Gasteiger partial charge in [0.25, 0.3) is 5.91 Å². The summed E-state index contributed by atoms with van der Waals surface area (Å²) < 4.78 is 8.80. The van der Waals surface area contributed by atoms with Crippen LogP contribution in [0.4, 0.5) is 22.7 Å². The van der Waals surface area contributed by atoms with Crippen molar-refractivity contribution in [3.63, 3.8) is 0 Å². The van der Waals surface area contributed by atoms with Gasteiger partial charge >= 0.3 is 0 Å². The Balaban J connectivity index is 0.839. The topological polar surface area (TPSA) is 50.4 Å². The summed E-state index contributed by atoms with van der Waals surface area (Å²) in [4.78, 5) is 14.6. The fourth-order valence-corrected chi connectivity index (χ4v) is 10.1. The highest BCUT2D eigenvalue weighted by Gasteiger charge is 2.21. The van der Waals surface area contributed by atoms with Crippen LogP contribution in [0.2, 0.25) is 0 Å². The van der Waals surface area contributed by atoms with Gasteiger partial charge in [0.05, 0.1) is 11.0 Å². The molecule has 70 heavy (non-hydrogen) atoms. The first-order chi connectivity index (χ1) is 34.3. The standard InChI is InChI=1S/C65H49N3O2/c1-42(2)65(69)66-51-28-36-55(37-29-51)68-61-15-8-7-12-57(61)59-41-50(27-38-62(59)68)48-19-17-45(18-20-48)47-23-32-53(33-24-47)67(52-30-21-46(22-31-52)44-10-5-4-6-11-44)54-34-25-49(26-35-54)56-13-9-14-58-60-40-43(3)16-39-63(60)70-64(56)58/h4-39,41,43H,1,40H2,2-3H3,(H,66,69). The van der Waals surface area contributed by atoms with Crippen LogP contribution < -0.4 is 10.2 Å². The Morgan fingerprint density at radius 3 is 1.73 bits per heavy atom. The first-order valence-electron chi connectivity index (χ1n) is 23.9. The van der Waals surface area contributed by atoms with Crippen molar-refractivity contribution >= 4 is 67.5 Å². The van der Waals surface area contributed by atoms with Crippen molar-refractivity contribution in [1.82, 2.24) is 4.57 Å². The van der Waals surface area contributed by atoms with Crippen LogP contribution in [-0.2, 0) is 11.2 Å². The second kappa shape index (κ2) is 17.6. The molecule has 1 amide bonds. The number of nitrogens with one attached hydrogen (secondary N) is 1. The largest absolute Gasteiger partial charge is 0.456 e. The van der Waals surface area contributed by atoms with Gasteiger partial charge in [0.1, 0.15) is 11.3 Å². The van der Waals surface area contributed by atoms with Crippen LogP contribution in [0.3, 0.4) is 0 Å². The minimum atomic E-state index is -0.184. The Labute approximate surface area is 407 Å². The van der Waals surface area contributed by atoms with E-state index in [0.717, 1.165) is 90.6 Å². The highest BCUT2D eigenvalue weighted by Crippen LogP contribution is 2.42. The summed E-state index contributed by atoms with van der Waals surface area (Å²) in [7, 11) is 0. The summed E-state index contributed by atoms with van der Waals surface area (Å²) in [5.74, 6) is 1.29. The molecule has 11 aromatic rings. The number of para-hydroxylation sites is 2. The molecule has 9 aromatic carbocycles. The fraction of sp³-hybridized carbons (Fsp3) is 0.0615. The summed E-state index contributed by atoms with van der Waals surface area (Å²) in [5, 5.41) is 6.49. The number of furan rings is 1. The summed E-state index contributed by atoms with van der Waals surface area (Å²) in [6.07, 6.45) is 5.37. The molecule has 1 unspecified atom stereocenters. The smallest absolute Gasteiger partial charge is 0.250 e. The average Bonchev–Trinajstić information content (AvgIpc) is 3.95. The van der Waals surface area contributed by atoms with Crippen LogP contribution >= 0.6 is 0 Å². The van der Waals surface area contributed by atoms with Gasteiger partial charge in [-0.15, -0.1) is 0 Å². The molecule has 2 heterocycles. The van der Waals surface area contributed by atoms with Gasteiger partial charge in [0.15, 0.2) is 0 Å². The third-order valence-electron chi connectivity index (χ3n) is 13.7. The van der Waals surface area contributed by atoms with Gasteiger partial charge in [-0.1, -0.05) is 153 Å². The van der Waals surface area contributed by atoms with Crippen molar-refractivity contribution in [2.75, 3.05) is 10.2 Å². The third-order valence-corrected chi connectivity index (χ3v) is 13.7. The molecule has 1 N–H and O–H groups in total. The van der Waals surface area contributed by atoms with Gasteiger partial charge < -0.3 is 19.2 Å². The van der Waals surface area contributed by atoms with E-state index in [4.69, 9.17) is 4.42 Å². The van der Waals surface area contributed by atoms with Gasteiger partial charge in [-0.3, -0.25) is 4.79 Å². The van der Waals surface area contributed by atoms with E-state index in [1.807, 2.05) is 24.3 Å². The van der Waals surface area contributed by atoms with E-state index in [0.29, 0.717) is 11.5 Å². The summed E-state index contributed by atoms with van der Waals surface area (Å²) in [6, 6.07) is 75.8. The molecule has 5 nitrogen and oxygen atoms in total. The Kier molecular flexibility index (Phi) is 10.7. The number of aromatic nitrogens is 1. The first kappa shape index (κ1) is 42.4. The van der Waals surface area contributed by atoms with Crippen LogP contribution in [0, 0.1) is 5.92 Å². The molecule has 5 heteroatoms. The van der Waals surface area contributed by atoms with Crippen molar-refractivity contribution in [2.24, 2.45) is 5.92 Å². The number of carbonyl (C=O) groups excluding carboxylic acids is 1. The zero-order chi connectivity index (χ0) is 47.3. The lowest BCUT2D eigenvalue weighted by atomic mass is 9.92. The number of benzene rings is 9. The lowest BCUT2D eigenvalue weighted by Crippen LogP contribution is -2.11. The number of anilines is 4. The van der Waals surface area contributed by atoms with Crippen molar-refractivity contribution in [3.8, 4) is 50.2 Å². The minimum Gasteiger partial charge on any atom is -0.456 e. The Hall–Kier alpha value is -8.93. The van der Waals surface area contributed by atoms with Crippen LogP contribution in [-0.4, -0.2) is 10.5 Å². The Morgan fingerprint density at radius 1 is 0.557 bits per heavy atom. The highest BCUT2D eigenvalue weighted by atomic mass is 16.3. The molecule has 1 aliphatic carbocycles. The molecule has 0 saturated heterocycles.